The van der Waals surface area contributed by atoms with Crippen molar-refractivity contribution in [2.45, 2.75) is 12.8 Å². The maximum absolute atomic E-state index is 11.6. The van der Waals surface area contributed by atoms with Crippen molar-refractivity contribution < 1.29 is 4.79 Å². The van der Waals surface area contributed by atoms with Gasteiger partial charge in [0, 0.05) is 11.6 Å². The van der Waals surface area contributed by atoms with Gasteiger partial charge in [0.05, 0.1) is 10.0 Å². The number of hydrogen-bond acceptors (Lipinski definition) is 4. The van der Waals surface area contributed by atoms with Crippen LogP contribution >= 0.6 is 23.2 Å². The second-order valence-corrected chi connectivity index (χ2v) is 5.64. The van der Waals surface area contributed by atoms with E-state index in [0.29, 0.717) is 21.7 Å². The Hall–Kier alpha value is -1.85. The molecule has 1 saturated carbocycles. The van der Waals surface area contributed by atoms with E-state index < -0.39 is 0 Å². The molecule has 2 aromatic rings. The molecule has 0 saturated heterocycles. The van der Waals surface area contributed by atoms with Gasteiger partial charge >= 0.3 is 0 Å². The van der Waals surface area contributed by atoms with Crippen molar-refractivity contribution in [1.82, 2.24) is 10.2 Å². The summed E-state index contributed by atoms with van der Waals surface area (Å²) in [6.45, 7) is 0. The zero-order valence-electron chi connectivity index (χ0n) is 10.9. The fourth-order valence-corrected chi connectivity index (χ4v) is 2.06. The van der Waals surface area contributed by atoms with Gasteiger partial charge in [-0.2, -0.15) is 0 Å². The maximum atomic E-state index is 11.6. The van der Waals surface area contributed by atoms with Gasteiger partial charge in [-0.3, -0.25) is 4.79 Å². The van der Waals surface area contributed by atoms with E-state index in [9.17, 15) is 4.79 Å². The van der Waals surface area contributed by atoms with Crippen molar-refractivity contribution in [1.29, 1.82) is 0 Å². The molecule has 3 rings (SSSR count). The Morgan fingerprint density at radius 2 is 1.76 bits per heavy atom. The number of carbonyl (C=O) groups excluding carboxylic acids is 1. The fraction of sp³-hybridized carbons (Fsp3) is 0.214. The van der Waals surface area contributed by atoms with E-state index in [4.69, 9.17) is 23.2 Å². The van der Waals surface area contributed by atoms with E-state index in [1.54, 1.807) is 30.3 Å². The molecule has 21 heavy (non-hydrogen) atoms. The molecule has 1 aliphatic carbocycles. The Kier molecular flexibility index (Phi) is 3.94. The summed E-state index contributed by atoms with van der Waals surface area (Å²) in [5.41, 5.74) is 0.758. The van der Waals surface area contributed by atoms with Crippen molar-refractivity contribution in [3.63, 3.8) is 0 Å². The Bertz CT molecular complexity index is 671. The number of hydrogen-bond donors (Lipinski definition) is 2. The van der Waals surface area contributed by atoms with Gasteiger partial charge in [0.1, 0.15) is 0 Å². The fourth-order valence-electron chi connectivity index (χ4n) is 1.76. The third kappa shape index (κ3) is 3.62. The van der Waals surface area contributed by atoms with E-state index in [1.807, 2.05) is 0 Å². The number of anilines is 3. The van der Waals surface area contributed by atoms with Gasteiger partial charge in [-0.1, -0.05) is 23.2 Å². The molecule has 0 spiro atoms. The van der Waals surface area contributed by atoms with Crippen LogP contribution < -0.4 is 10.6 Å². The first-order valence-electron chi connectivity index (χ1n) is 6.48. The average Bonchev–Trinajstić information content (AvgIpc) is 3.30. The highest BCUT2D eigenvalue weighted by Crippen LogP contribution is 2.30. The van der Waals surface area contributed by atoms with Crippen LogP contribution in [0, 0.1) is 5.92 Å². The molecule has 1 heterocycles. The number of nitrogens with zero attached hydrogens (tertiary/aromatic N) is 2. The summed E-state index contributed by atoms with van der Waals surface area (Å²) in [4.78, 5) is 11.6. The van der Waals surface area contributed by atoms with Crippen LogP contribution in [0.2, 0.25) is 10.0 Å². The molecule has 0 atom stereocenters. The quantitative estimate of drug-likeness (QED) is 0.896. The molecule has 0 bridgehead atoms. The number of rotatable bonds is 4. The summed E-state index contributed by atoms with van der Waals surface area (Å²) in [5.74, 6) is 1.15. The van der Waals surface area contributed by atoms with Gasteiger partial charge < -0.3 is 10.6 Å². The Labute approximate surface area is 131 Å². The van der Waals surface area contributed by atoms with E-state index in [2.05, 4.69) is 20.8 Å². The lowest BCUT2D eigenvalue weighted by atomic mass is 10.3. The lowest BCUT2D eigenvalue weighted by Gasteiger charge is -2.07. The first kappa shape index (κ1) is 14.1. The number of carbonyl (C=O) groups is 1. The highest BCUT2D eigenvalue weighted by Gasteiger charge is 2.29. The predicted octanol–water partition coefficient (Wildman–Crippen LogP) is 3.88. The second kappa shape index (κ2) is 5.87. The second-order valence-electron chi connectivity index (χ2n) is 4.82. The zero-order valence-corrected chi connectivity index (χ0v) is 12.4. The molecule has 0 unspecified atom stereocenters. The van der Waals surface area contributed by atoms with Crippen LogP contribution in [0.15, 0.2) is 30.3 Å². The van der Waals surface area contributed by atoms with Crippen molar-refractivity contribution >= 4 is 46.4 Å². The van der Waals surface area contributed by atoms with Crippen molar-refractivity contribution in [3.8, 4) is 0 Å². The number of benzene rings is 1. The minimum absolute atomic E-state index is 0.00879. The lowest BCUT2D eigenvalue weighted by molar-refractivity contribution is -0.117. The monoisotopic (exact) mass is 322 g/mol. The van der Waals surface area contributed by atoms with Crippen LogP contribution in [0.4, 0.5) is 17.3 Å². The molecule has 108 valence electrons. The summed E-state index contributed by atoms with van der Waals surface area (Å²) < 4.78 is 0. The van der Waals surface area contributed by atoms with E-state index in [1.165, 1.54) is 0 Å². The summed E-state index contributed by atoms with van der Waals surface area (Å²) in [7, 11) is 0. The van der Waals surface area contributed by atoms with E-state index in [-0.39, 0.29) is 11.8 Å². The molecule has 1 aliphatic rings. The van der Waals surface area contributed by atoms with Gasteiger partial charge in [-0.25, -0.2) is 0 Å². The maximum Gasteiger partial charge on any atom is 0.228 e. The van der Waals surface area contributed by atoms with Crippen LogP contribution in [-0.2, 0) is 4.79 Å². The molecule has 1 amide bonds. The van der Waals surface area contributed by atoms with Crippen molar-refractivity contribution in [3.05, 3.63) is 40.4 Å². The number of aromatic nitrogens is 2. The normalized spacial score (nSPS) is 13.8. The minimum Gasteiger partial charge on any atom is -0.339 e. The van der Waals surface area contributed by atoms with Crippen LogP contribution in [-0.4, -0.2) is 16.1 Å². The molecule has 5 nitrogen and oxygen atoms in total. The van der Waals surface area contributed by atoms with Crippen molar-refractivity contribution in [2.75, 3.05) is 10.6 Å². The first-order chi connectivity index (χ1) is 10.1. The SMILES string of the molecule is O=C(Nc1ccc(Nc2ccc(Cl)c(Cl)c2)nn1)C1CC1. The third-order valence-corrected chi connectivity index (χ3v) is 3.79. The molecule has 1 fully saturated rings. The van der Waals surface area contributed by atoms with Crippen molar-refractivity contribution in [2.24, 2.45) is 5.92 Å². The molecule has 1 aromatic heterocycles. The summed E-state index contributed by atoms with van der Waals surface area (Å²) in [5, 5.41) is 14.7. The number of halogens is 2. The molecule has 0 radical (unpaired) electrons. The van der Waals surface area contributed by atoms with Gasteiger partial charge in [-0.15, -0.1) is 10.2 Å². The Balaban J connectivity index is 1.65. The molecular weight excluding hydrogens is 311 g/mol. The largest absolute Gasteiger partial charge is 0.339 e. The van der Waals surface area contributed by atoms with Crippen LogP contribution in [0.3, 0.4) is 0 Å². The first-order valence-corrected chi connectivity index (χ1v) is 7.24. The van der Waals surface area contributed by atoms with Gasteiger partial charge in [0.2, 0.25) is 5.91 Å². The predicted molar refractivity (Wildman–Crippen MR) is 83.1 cm³/mol. The molecule has 1 aromatic carbocycles. The van der Waals surface area contributed by atoms with Gasteiger partial charge in [0.25, 0.3) is 0 Å². The smallest absolute Gasteiger partial charge is 0.228 e. The van der Waals surface area contributed by atoms with E-state index in [0.717, 1.165) is 18.5 Å². The van der Waals surface area contributed by atoms with Crippen LogP contribution in [0.5, 0.6) is 0 Å². The number of amides is 1. The van der Waals surface area contributed by atoms with E-state index >= 15 is 0 Å². The van der Waals surface area contributed by atoms with Gasteiger partial charge in [0.15, 0.2) is 11.6 Å². The highest BCUT2D eigenvalue weighted by atomic mass is 35.5. The summed E-state index contributed by atoms with van der Waals surface area (Å²) >= 11 is 11.8. The molecule has 2 N–H and O–H groups in total. The zero-order chi connectivity index (χ0) is 14.8. The molecule has 0 aliphatic heterocycles. The Morgan fingerprint density at radius 1 is 1.05 bits per heavy atom. The molecular formula is C14H12Cl2N4O. The van der Waals surface area contributed by atoms with Gasteiger partial charge in [-0.05, 0) is 43.2 Å². The lowest BCUT2D eigenvalue weighted by Crippen LogP contribution is -2.14. The molecule has 7 heteroatoms. The number of nitrogens with one attached hydrogen (secondary N) is 2. The highest BCUT2D eigenvalue weighted by molar-refractivity contribution is 6.42. The minimum atomic E-state index is 0.00879. The summed E-state index contributed by atoms with van der Waals surface area (Å²) in [6.07, 6.45) is 1.91. The van der Waals surface area contributed by atoms with Crippen LogP contribution in [0.25, 0.3) is 0 Å². The average molecular weight is 323 g/mol. The topological polar surface area (TPSA) is 66.9 Å². The third-order valence-electron chi connectivity index (χ3n) is 3.06. The standard InChI is InChI=1S/C14H12Cl2N4O/c15-10-4-3-9(7-11(10)16)17-12-5-6-13(20-19-12)18-14(21)8-1-2-8/h3-8H,1-2H2,(H,17,19)(H,18,20,21). The summed E-state index contributed by atoms with van der Waals surface area (Å²) in [6, 6.07) is 8.63. The van der Waals surface area contributed by atoms with Crippen LogP contribution in [0.1, 0.15) is 12.8 Å². The Morgan fingerprint density at radius 3 is 2.38 bits per heavy atom.